The van der Waals surface area contributed by atoms with E-state index in [1.807, 2.05) is 27.7 Å². The third-order valence-electron chi connectivity index (χ3n) is 3.83. The van der Waals surface area contributed by atoms with Crippen LogP contribution in [0.4, 0.5) is 9.59 Å². The van der Waals surface area contributed by atoms with E-state index >= 15 is 0 Å². The molecule has 1 heterocycles. The van der Waals surface area contributed by atoms with Gasteiger partial charge in [0.2, 0.25) is 0 Å². The molecule has 0 aromatic rings. The largest absolute Gasteiger partial charge is 0.450 e. The highest BCUT2D eigenvalue weighted by Gasteiger charge is 2.27. The molecule has 0 aromatic carbocycles. The van der Waals surface area contributed by atoms with Crippen LogP contribution in [0.3, 0.4) is 0 Å². The Balaban J connectivity index is 2.18. The highest BCUT2D eigenvalue weighted by molar-refractivity contribution is 5.78. The van der Waals surface area contributed by atoms with Gasteiger partial charge in [-0.1, -0.05) is 6.92 Å². The lowest BCUT2D eigenvalue weighted by Gasteiger charge is -2.33. The number of Topliss-reactive ketones (excluding diaryl/α,β-unsaturated/α-hetero) is 1. The standard InChI is InChI=1S/C18H32N2O5/c1-5-7-15(21)8-6-13-24-16(22)19-14-9-11-20(12-10-14)17(23)25-18(2,3)4/h14H,5-13H2,1-4H3,(H,19,22). The van der Waals surface area contributed by atoms with Crippen LogP contribution in [0.25, 0.3) is 0 Å². The van der Waals surface area contributed by atoms with Crippen LogP contribution in [0, 0.1) is 0 Å². The summed E-state index contributed by atoms with van der Waals surface area (Å²) in [4.78, 5) is 36.8. The van der Waals surface area contributed by atoms with Gasteiger partial charge >= 0.3 is 12.2 Å². The molecular formula is C18H32N2O5. The Morgan fingerprint density at radius 3 is 2.32 bits per heavy atom. The van der Waals surface area contributed by atoms with Crippen molar-refractivity contribution in [2.45, 2.75) is 77.9 Å². The van der Waals surface area contributed by atoms with Crippen LogP contribution >= 0.6 is 0 Å². The number of ketones is 1. The van der Waals surface area contributed by atoms with Crippen molar-refractivity contribution in [3.05, 3.63) is 0 Å². The Labute approximate surface area is 150 Å². The third-order valence-corrected chi connectivity index (χ3v) is 3.83. The van der Waals surface area contributed by atoms with Crippen molar-refractivity contribution in [1.29, 1.82) is 0 Å². The average molecular weight is 356 g/mol. The first-order valence-electron chi connectivity index (χ1n) is 9.14. The Morgan fingerprint density at radius 2 is 1.76 bits per heavy atom. The number of hydrogen-bond acceptors (Lipinski definition) is 5. The Bertz CT molecular complexity index is 451. The second-order valence-electron chi connectivity index (χ2n) is 7.41. The number of carbonyl (C=O) groups is 3. The van der Waals surface area contributed by atoms with Gasteiger partial charge in [0.25, 0.3) is 0 Å². The van der Waals surface area contributed by atoms with Crippen LogP contribution in [0.1, 0.15) is 66.2 Å². The minimum atomic E-state index is -0.505. The Morgan fingerprint density at radius 1 is 1.12 bits per heavy atom. The summed E-state index contributed by atoms with van der Waals surface area (Å²) < 4.78 is 10.4. The van der Waals surface area contributed by atoms with Gasteiger partial charge in [0.05, 0.1) is 6.61 Å². The summed E-state index contributed by atoms with van der Waals surface area (Å²) >= 11 is 0. The van der Waals surface area contributed by atoms with Crippen LogP contribution in [0.15, 0.2) is 0 Å². The van der Waals surface area contributed by atoms with Gasteiger partial charge in [0, 0.05) is 32.0 Å². The van der Waals surface area contributed by atoms with Gasteiger partial charge in [-0.15, -0.1) is 0 Å². The van der Waals surface area contributed by atoms with Gasteiger partial charge in [-0.25, -0.2) is 9.59 Å². The van der Waals surface area contributed by atoms with Crippen molar-refractivity contribution < 1.29 is 23.9 Å². The molecule has 1 aliphatic rings. The number of likely N-dealkylation sites (tertiary alicyclic amines) is 1. The maximum absolute atomic E-state index is 12.0. The highest BCUT2D eigenvalue weighted by atomic mass is 16.6. The zero-order valence-electron chi connectivity index (χ0n) is 15.9. The average Bonchev–Trinajstić information content (AvgIpc) is 2.51. The number of carbonyl (C=O) groups excluding carboxylic acids is 3. The minimum Gasteiger partial charge on any atom is -0.450 e. The second-order valence-corrected chi connectivity index (χ2v) is 7.41. The zero-order valence-corrected chi connectivity index (χ0v) is 15.9. The fourth-order valence-electron chi connectivity index (χ4n) is 2.58. The first-order valence-corrected chi connectivity index (χ1v) is 9.14. The monoisotopic (exact) mass is 356 g/mol. The predicted octanol–water partition coefficient (Wildman–Crippen LogP) is 3.26. The molecular weight excluding hydrogens is 324 g/mol. The molecule has 0 unspecified atom stereocenters. The summed E-state index contributed by atoms with van der Waals surface area (Å²) in [5, 5.41) is 2.82. The number of piperidine rings is 1. The van der Waals surface area contributed by atoms with Gasteiger partial charge in [0.1, 0.15) is 11.4 Å². The molecule has 0 aliphatic carbocycles. The van der Waals surface area contributed by atoms with E-state index in [1.54, 1.807) is 4.90 Å². The van der Waals surface area contributed by atoms with E-state index < -0.39 is 11.7 Å². The molecule has 0 radical (unpaired) electrons. The maximum atomic E-state index is 12.0. The molecule has 0 bridgehead atoms. The molecule has 1 saturated heterocycles. The van der Waals surface area contributed by atoms with Gasteiger partial charge < -0.3 is 19.7 Å². The molecule has 144 valence electrons. The lowest BCUT2D eigenvalue weighted by atomic mass is 10.1. The molecule has 1 N–H and O–H groups in total. The molecule has 7 heteroatoms. The smallest absolute Gasteiger partial charge is 0.410 e. The molecule has 1 rings (SSSR count). The van der Waals surface area contributed by atoms with Crippen molar-refractivity contribution in [3.8, 4) is 0 Å². The molecule has 0 saturated carbocycles. The van der Waals surface area contributed by atoms with Crippen molar-refractivity contribution in [2.75, 3.05) is 19.7 Å². The lowest BCUT2D eigenvalue weighted by Crippen LogP contribution is -2.47. The first kappa shape index (κ1) is 21.3. The summed E-state index contributed by atoms with van der Waals surface area (Å²) in [7, 11) is 0. The number of hydrogen-bond donors (Lipinski definition) is 1. The number of rotatable bonds is 7. The predicted molar refractivity (Wildman–Crippen MR) is 94.5 cm³/mol. The molecule has 7 nitrogen and oxygen atoms in total. The van der Waals surface area contributed by atoms with Gasteiger partial charge in [-0.05, 0) is 46.5 Å². The number of alkyl carbamates (subject to hydrolysis) is 1. The number of amides is 2. The van der Waals surface area contributed by atoms with E-state index in [0.717, 1.165) is 6.42 Å². The van der Waals surface area contributed by atoms with E-state index in [1.165, 1.54) is 0 Å². The van der Waals surface area contributed by atoms with Crippen molar-refractivity contribution in [3.63, 3.8) is 0 Å². The summed E-state index contributed by atoms with van der Waals surface area (Å²) in [5.74, 6) is 0.209. The fourth-order valence-corrected chi connectivity index (χ4v) is 2.58. The second kappa shape index (κ2) is 10.3. The molecule has 25 heavy (non-hydrogen) atoms. The maximum Gasteiger partial charge on any atom is 0.410 e. The van der Waals surface area contributed by atoms with Crippen LogP contribution in [-0.4, -0.2) is 54.2 Å². The van der Waals surface area contributed by atoms with Crippen LogP contribution < -0.4 is 5.32 Å². The molecule has 1 fully saturated rings. The number of nitrogens with one attached hydrogen (secondary N) is 1. The highest BCUT2D eigenvalue weighted by Crippen LogP contribution is 2.15. The minimum absolute atomic E-state index is 0.00656. The van der Waals surface area contributed by atoms with Crippen LogP contribution in [0.5, 0.6) is 0 Å². The van der Waals surface area contributed by atoms with Crippen LogP contribution in [0.2, 0.25) is 0 Å². The van der Waals surface area contributed by atoms with Gasteiger partial charge in [-0.2, -0.15) is 0 Å². The quantitative estimate of drug-likeness (QED) is 0.708. The zero-order chi connectivity index (χ0) is 18.9. The van der Waals surface area contributed by atoms with Crippen molar-refractivity contribution in [2.24, 2.45) is 0 Å². The number of ether oxygens (including phenoxy) is 2. The van der Waals surface area contributed by atoms with Crippen molar-refractivity contribution in [1.82, 2.24) is 10.2 Å². The molecule has 2 amide bonds. The topological polar surface area (TPSA) is 84.9 Å². The molecule has 0 spiro atoms. The van der Waals surface area contributed by atoms with Gasteiger partial charge in [-0.3, -0.25) is 4.79 Å². The third kappa shape index (κ3) is 9.31. The fraction of sp³-hybridized carbons (Fsp3) is 0.833. The number of nitrogens with zero attached hydrogens (tertiary/aromatic N) is 1. The summed E-state index contributed by atoms with van der Waals surface area (Å²) in [6, 6.07) is -0.00656. The molecule has 0 atom stereocenters. The lowest BCUT2D eigenvalue weighted by molar-refractivity contribution is -0.119. The van der Waals surface area contributed by atoms with E-state index in [9.17, 15) is 14.4 Å². The van der Waals surface area contributed by atoms with Gasteiger partial charge in [0.15, 0.2) is 0 Å². The summed E-state index contributed by atoms with van der Waals surface area (Å²) in [6.07, 6.45) is 3.01. The van der Waals surface area contributed by atoms with E-state index in [4.69, 9.17) is 9.47 Å². The Hall–Kier alpha value is -1.79. The van der Waals surface area contributed by atoms with E-state index in [-0.39, 0.29) is 24.5 Å². The molecule has 1 aliphatic heterocycles. The SMILES string of the molecule is CCCC(=O)CCCOC(=O)NC1CCN(C(=O)OC(C)(C)C)CC1. The van der Waals surface area contributed by atoms with E-state index in [0.29, 0.717) is 45.2 Å². The Kier molecular flexibility index (Phi) is 8.72. The van der Waals surface area contributed by atoms with Crippen molar-refractivity contribution >= 4 is 18.0 Å². The normalized spacial score (nSPS) is 15.6. The first-order chi connectivity index (χ1) is 11.7. The van der Waals surface area contributed by atoms with Crippen LogP contribution in [-0.2, 0) is 14.3 Å². The van der Waals surface area contributed by atoms with E-state index in [2.05, 4.69) is 5.32 Å². The molecule has 0 aromatic heterocycles. The summed E-state index contributed by atoms with van der Waals surface area (Å²) in [5.41, 5.74) is -0.505. The summed E-state index contributed by atoms with van der Waals surface area (Å²) in [6.45, 7) is 8.83.